The number of hydrogen-bond acceptors (Lipinski definition) is 4. The number of aliphatic carboxylic acids is 1. The van der Waals surface area contributed by atoms with Crippen LogP contribution in [0.3, 0.4) is 0 Å². The fourth-order valence-corrected chi connectivity index (χ4v) is 1.74. The Morgan fingerprint density at radius 1 is 1.56 bits per heavy atom. The standard InChI is InChI=1S/C10H17NO5/c1-6-7(3-5-16-6)9(13)11-8(2-4-12)10(14)15/h6-8,12H,2-5H2,1H3,(H,11,13)(H,14,15)/t6?,7?,8-/m0/s1. The Morgan fingerprint density at radius 2 is 2.25 bits per heavy atom. The largest absolute Gasteiger partial charge is 0.480 e. The number of amides is 1. The number of carbonyl (C=O) groups is 2. The quantitative estimate of drug-likeness (QED) is 0.585. The molecule has 3 atom stereocenters. The molecule has 0 saturated carbocycles. The van der Waals surface area contributed by atoms with Gasteiger partial charge in [-0.05, 0) is 13.3 Å². The van der Waals surface area contributed by atoms with Crippen LogP contribution in [-0.4, -0.2) is 47.4 Å². The normalized spacial score (nSPS) is 26.4. The zero-order valence-electron chi connectivity index (χ0n) is 9.18. The first-order valence-corrected chi connectivity index (χ1v) is 5.32. The van der Waals surface area contributed by atoms with E-state index in [9.17, 15) is 9.59 Å². The van der Waals surface area contributed by atoms with Crippen molar-refractivity contribution in [3.8, 4) is 0 Å². The minimum Gasteiger partial charge on any atom is -0.480 e. The Labute approximate surface area is 93.6 Å². The van der Waals surface area contributed by atoms with E-state index in [1.807, 2.05) is 0 Å². The third-order valence-corrected chi connectivity index (χ3v) is 2.75. The molecular weight excluding hydrogens is 214 g/mol. The zero-order chi connectivity index (χ0) is 12.1. The maximum Gasteiger partial charge on any atom is 0.326 e. The fraction of sp³-hybridized carbons (Fsp3) is 0.800. The molecule has 0 aromatic rings. The molecular formula is C10H17NO5. The summed E-state index contributed by atoms with van der Waals surface area (Å²) >= 11 is 0. The minimum absolute atomic E-state index is 0.0169. The van der Waals surface area contributed by atoms with Gasteiger partial charge >= 0.3 is 5.97 Å². The number of ether oxygens (including phenoxy) is 1. The van der Waals surface area contributed by atoms with Crippen molar-refractivity contribution in [3.05, 3.63) is 0 Å². The maximum absolute atomic E-state index is 11.7. The monoisotopic (exact) mass is 231 g/mol. The number of aliphatic hydroxyl groups excluding tert-OH is 1. The van der Waals surface area contributed by atoms with E-state index in [0.717, 1.165) is 0 Å². The third-order valence-electron chi connectivity index (χ3n) is 2.75. The van der Waals surface area contributed by atoms with Crippen LogP contribution in [0, 0.1) is 5.92 Å². The van der Waals surface area contributed by atoms with Crippen molar-refractivity contribution < 1.29 is 24.5 Å². The van der Waals surface area contributed by atoms with Gasteiger partial charge in [0.15, 0.2) is 0 Å². The van der Waals surface area contributed by atoms with Gasteiger partial charge in [-0.2, -0.15) is 0 Å². The lowest BCUT2D eigenvalue weighted by atomic mass is 10.0. The van der Waals surface area contributed by atoms with Crippen molar-refractivity contribution in [2.45, 2.75) is 31.9 Å². The van der Waals surface area contributed by atoms with Gasteiger partial charge in [-0.25, -0.2) is 4.79 Å². The number of carboxylic acid groups (broad SMARTS) is 1. The molecule has 1 heterocycles. The van der Waals surface area contributed by atoms with Gasteiger partial charge in [-0.15, -0.1) is 0 Å². The topological polar surface area (TPSA) is 95.9 Å². The SMILES string of the molecule is CC1OCCC1C(=O)N[C@@H](CCO)C(=O)O. The van der Waals surface area contributed by atoms with E-state index in [2.05, 4.69) is 5.32 Å². The molecule has 1 fully saturated rings. The first-order valence-electron chi connectivity index (χ1n) is 5.32. The molecule has 0 aromatic carbocycles. The predicted octanol–water partition coefficient (Wildman–Crippen LogP) is -0.637. The van der Waals surface area contributed by atoms with Crippen LogP contribution < -0.4 is 5.32 Å². The summed E-state index contributed by atoms with van der Waals surface area (Å²) in [5.41, 5.74) is 0. The predicted molar refractivity (Wildman–Crippen MR) is 54.8 cm³/mol. The highest BCUT2D eigenvalue weighted by molar-refractivity contribution is 5.85. The zero-order valence-corrected chi connectivity index (χ0v) is 9.18. The molecule has 1 aliphatic heterocycles. The highest BCUT2D eigenvalue weighted by atomic mass is 16.5. The van der Waals surface area contributed by atoms with Gasteiger partial charge in [0.25, 0.3) is 0 Å². The van der Waals surface area contributed by atoms with E-state index < -0.39 is 12.0 Å². The van der Waals surface area contributed by atoms with Crippen molar-refractivity contribution in [3.63, 3.8) is 0 Å². The Bertz CT molecular complexity index is 268. The number of nitrogens with one attached hydrogen (secondary N) is 1. The second-order valence-electron chi connectivity index (χ2n) is 3.88. The van der Waals surface area contributed by atoms with Crippen LogP contribution in [0.4, 0.5) is 0 Å². The highest BCUT2D eigenvalue weighted by Crippen LogP contribution is 2.20. The van der Waals surface area contributed by atoms with Crippen LogP contribution in [-0.2, 0) is 14.3 Å². The smallest absolute Gasteiger partial charge is 0.326 e. The van der Waals surface area contributed by atoms with Gasteiger partial charge in [0.05, 0.1) is 12.0 Å². The van der Waals surface area contributed by atoms with Gasteiger partial charge in [0.2, 0.25) is 5.91 Å². The molecule has 1 aliphatic rings. The first-order chi connectivity index (χ1) is 7.56. The van der Waals surface area contributed by atoms with E-state index in [4.69, 9.17) is 14.9 Å². The molecule has 2 unspecified atom stereocenters. The second-order valence-corrected chi connectivity index (χ2v) is 3.88. The van der Waals surface area contributed by atoms with Crippen molar-refractivity contribution in [1.82, 2.24) is 5.32 Å². The summed E-state index contributed by atoms with van der Waals surface area (Å²) in [7, 11) is 0. The molecule has 1 amide bonds. The third kappa shape index (κ3) is 3.18. The average molecular weight is 231 g/mol. The maximum atomic E-state index is 11.7. The number of aliphatic hydroxyl groups is 1. The van der Waals surface area contributed by atoms with Crippen LogP contribution in [0.15, 0.2) is 0 Å². The molecule has 0 spiro atoms. The summed E-state index contributed by atoms with van der Waals surface area (Å²) in [6.07, 6.45) is 0.449. The van der Waals surface area contributed by atoms with Crippen molar-refractivity contribution in [2.24, 2.45) is 5.92 Å². The van der Waals surface area contributed by atoms with E-state index in [0.29, 0.717) is 13.0 Å². The van der Waals surface area contributed by atoms with Crippen molar-refractivity contribution >= 4 is 11.9 Å². The summed E-state index contributed by atoms with van der Waals surface area (Å²) < 4.78 is 5.23. The Balaban J connectivity index is 2.50. The lowest BCUT2D eigenvalue weighted by Gasteiger charge is -2.18. The molecule has 6 heteroatoms. The van der Waals surface area contributed by atoms with Crippen LogP contribution >= 0.6 is 0 Å². The van der Waals surface area contributed by atoms with Crippen LogP contribution in [0.25, 0.3) is 0 Å². The van der Waals surface area contributed by atoms with E-state index in [1.165, 1.54) is 0 Å². The Kier molecular flexibility index (Phi) is 4.70. The van der Waals surface area contributed by atoms with Crippen LogP contribution in [0.1, 0.15) is 19.8 Å². The van der Waals surface area contributed by atoms with Crippen molar-refractivity contribution in [2.75, 3.05) is 13.2 Å². The second kappa shape index (κ2) is 5.81. The molecule has 92 valence electrons. The highest BCUT2D eigenvalue weighted by Gasteiger charge is 2.32. The van der Waals surface area contributed by atoms with E-state index >= 15 is 0 Å². The van der Waals surface area contributed by atoms with Gasteiger partial charge in [-0.1, -0.05) is 0 Å². The summed E-state index contributed by atoms with van der Waals surface area (Å²) in [4.78, 5) is 22.5. The number of carbonyl (C=O) groups excluding carboxylic acids is 1. The van der Waals surface area contributed by atoms with Crippen LogP contribution in [0.5, 0.6) is 0 Å². The fourth-order valence-electron chi connectivity index (χ4n) is 1.74. The molecule has 3 N–H and O–H groups in total. The molecule has 6 nitrogen and oxygen atoms in total. The van der Waals surface area contributed by atoms with E-state index in [-0.39, 0.29) is 31.0 Å². The molecule has 16 heavy (non-hydrogen) atoms. The lowest BCUT2D eigenvalue weighted by molar-refractivity contribution is -0.143. The van der Waals surface area contributed by atoms with Gasteiger partial charge in [-0.3, -0.25) is 4.79 Å². The summed E-state index contributed by atoms with van der Waals surface area (Å²) in [5.74, 6) is -1.74. The van der Waals surface area contributed by atoms with Gasteiger partial charge < -0.3 is 20.3 Å². The molecule has 1 rings (SSSR count). The Hall–Kier alpha value is -1.14. The van der Waals surface area contributed by atoms with Gasteiger partial charge in [0.1, 0.15) is 6.04 Å². The Morgan fingerprint density at radius 3 is 2.69 bits per heavy atom. The number of carboxylic acids is 1. The lowest BCUT2D eigenvalue weighted by Crippen LogP contribution is -2.45. The summed E-state index contributed by atoms with van der Waals surface area (Å²) in [6, 6.07) is -1.02. The van der Waals surface area contributed by atoms with Gasteiger partial charge in [0, 0.05) is 19.6 Å². The molecule has 0 bridgehead atoms. The average Bonchev–Trinajstić information content (AvgIpc) is 2.63. The molecule has 1 saturated heterocycles. The van der Waals surface area contributed by atoms with Crippen LogP contribution in [0.2, 0.25) is 0 Å². The number of rotatable bonds is 5. The first kappa shape index (κ1) is 12.9. The minimum atomic E-state index is -1.13. The summed E-state index contributed by atoms with van der Waals surface area (Å²) in [6.45, 7) is 2.05. The molecule has 0 aliphatic carbocycles. The molecule has 0 radical (unpaired) electrons. The van der Waals surface area contributed by atoms with Crippen molar-refractivity contribution in [1.29, 1.82) is 0 Å². The number of hydrogen-bond donors (Lipinski definition) is 3. The van der Waals surface area contributed by atoms with E-state index in [1.54, 1.807) is 6.92 Å². The molecule has 0 aromatic heterocycles. The summed E-state index contributed by atoms with van der Waals surface area (Å²) in [5, 5.41) is 19.9.